The lowest BCUT2D eigenvalue weighted by Gasteiger charge is -2.31. The van der Waals surface area contributed by atoms with Crippen molar-refractivity contribution in [1.29, 1.82) is 5.26 Å². The molecular weight excluding hydrogens is 699 g/mol. The maximum absolute atomic E-state index is 14.5. The molecule has 17 nitrogen and oxygen atoms in total. The van der Waals surface area contributed by atoms with Gasteiger partial charge < -0.3 is 33.9 Å². The van der Waals surface area contributed by atoms with Gasteiger partial charge in [-0.25, -0.2) is 14.1 Å². The van der Waals surface area contributed by atoms with Crippen LogP contribution in [0.25, 0.3) is 5.52 Å². The van der Waals surface area contributed by atoms with E-state index in [2.05, 4.69) is 15.2 Å². The summed E-state index contributed by atoms with van der Waals surface area (Å²) >= 11 is 0. The SMILES string of the molecule is CC(C)C(=O)O[C@H]1[C@H](c2ccc3c(N)ncnn23)O[C@](C#N)(CO[P@](=O)(N[C@@H](C)C(=O)OC2CCOCC2)Oc2ccccc2)[C@H]1OC(=O)C(C)C. The van der Waals surface area contributed by atoms with Crippen LogP contribution in [-0.2, 0) is 47.2 Å². The number of hydrogen-bond acceptors (Lipinski definition) is 15. The van der Waals surface area contributed by atoms with Gasteiger partial charge in [0.15, 0.2) is 18.0 Å². The number of ether oxygens (including phenoxy) is 5. The van der Waals surface area contributed by atoms with Gasteiger partial charge in [-0.15, -0.1) is 0 Å². The Morgan fingerprint density at radius 3 is 2.35 bits per heavy atom. The number of fused-ring (bicyclic) bond motifs is 1. The molecule has 2 aliphatic heterocycles. The quantitative estimate of drug-likeness (QED) is 0.136. The van der Waals surface area contributed by atoms with E-state index in [-0.39, 0.29) is 23.4 Å². The molecule has 3 aromatic rings. The van der Waals surface area contributed by atoms with E-state index in [4.69, 9.17) is 38.5 Å². The summed E-state index contributed by atoms with van der Waals surface area (Å²) in [5, 5.41) is 17.7. The molecule has 0 saturated carbocycles. The average molecular weight is 743 g/mol. The third kappa shape index (κ3) is 8.71. The number of anilines is 1. The normalized spacial score (nSPS) is 23.8. The summed E-state index contributed by atoms with van der Waals surface area (Å²) in [4.78, 5) is 43.4. The minimum absolute atomic E-state index is 0.114. The van der Waals surface area contributed by atoms with Crippen LogP contribution >= 0.6 is 7.75 Å². The lowest BCUT2D eigenvalue weighted by molar-refractivity contribution is -0.173. The molecule has 5 rings (SSSR count). The molecule has 1 aromatic carbocycles. The Labute approximate surface area is 300 Å². The first-order valence-corrected chi connectivity index (χ1v) is 18.4. The van der Waals surface area contributed by atoms with Crippen molar-refractivity contribution in [3.05, 3.63) is 54.5 Å². The van der Waals surface area contributed by atoms with E-state index in [1.807, 2.05) is 6.07 Å². The first-order chi connectivity index (χ1) is 24.8. The molecule has 4 heterocycles. The number of rotatable bonds is 14. The molecule has 0 amide bonds. The Morgan fingerprint density at radius 1 is 1.02 bits per heavy atom. The van der Waals surface area contributed by atoms with Crippen LogP contribution in [0, 0.1) is 23.2 Å². The molecule has 0 spiro atoms. The van der Waals surface area contributed by atoms with Crippen LogP contribution in [0.3, 0.4) is 0 Å². The van der Waals surface area contributed by atoms with Crippen molar-refractivity contribution < 1.29 is 51.7 Å². The highest BCUT2D eigenvalue weighted by Crippen LogP contribution is 2.50. The van der Waals surface area contributed by atoms with E-state index in [0.717, 1.165) is 0 Å². The highest BCUT2D eigenvalue weighted by molar-refractivity contribution is 7.52. The summed E-state index contributed by atoms with van der Waals surface area (Å²) in [5.41, 5.74) is 4.48. The Morgan fingerprint density at radius 2 is 1.69 bits per heavy atom. The Balaban J connectivity index is 1.52. The van der Waals surface area contributed by atoms with Gasteiger partial charge in [0.1, 0.15) is 48.5 Å². The number of benzene rings is 1. The van der Waals surface area contributed by atoms with Gasteiger partial charge in [-0.3, -0.25) is 18.9 Å². The monoisotopic (exact) mass is 742 g/mol. The molecule has 52 heavy (non-hydrogen) atoms. The van der Waals surface area contributed by atoms with E-state index >= 15 is 0 Å². The number of nitriles is 1. The standard InChI is InChI=1S/C34H43N6O11P/c1-20(2)31(41)48-28-27(25-11-12-26-30(36)37-19-38-40(25)26)50-34(17-35,29(28)49-32(42)21(3)4)18-46-52(44,51-24-9-7-6-8-10-24)39-22(5)33(43)47-23-13-15-45-16-14-23/h6-12,19-23,27-29H,13-16,18H2,1-5H3,(H,39,44)(H2,36,37,38)/t22-,27-,28-,29-,34+,52+/m0/s1. The summed E-state index contributed by atoms with van der Waals surface area (Å²) in [5.74, 6) is -3.17. The number of esters is 3. The van der Waals surface area contributed by atoms with Gasteiger partial charge in [-0.05, 0) is 31.2 Å². The lowest BCUT2D eigenvalue weighted by atomic mass is 9.95. The minimum atomic E-state index is -4.58. The molecule has 0 unspecified atom stereocenters. The zero-order valence-electron chi connectivity index (χ0n) is 29.5. The minimum Gasteiger partial charge on any atom is -0.461 e. The number of aromatic nitrogens is 3. The molecule has 18 heteroatoms. The van der Waals surface area contributed by atoms with E-state index in [1.165, 1.54) is 29.9 Å². The van der Waals surface area contributed by atoms with Crippen LogP contribution in [-0.4, -0.2) is 82.3 Å². The van der Waals surface area contributed by atoms with Crippen LogP contribution in [0.5, 0.6) is 5.75 Å². The third-order valence-corrected chi connectivity index (χ3v) is 10.0. The molecule has 280 valence electrons. The smallest absolute Gasteiger partial charge is 0.459 e. The van der Waals surface area contributed by atoms with Crippen LogP contribution in [0.2, 0.25) is 0 Å². The second-order valence-corrected chi connectivity index (χ2v) is 14.8. The molecule has 2 saturated heterocycles. The highest BCUT2D eigenvalue weighted by Gasteiger charge is 2.62. The van der Waals surface area contributed by atoms with Gasteiger partial charge in [0.2, 0.25) is 5.60 Å². The number of para-hydroxylation sites is 1. The molecule has 6 atom stereocenters. The predicted molar refractivity (Wildman–Crippen MR) is 182 cm³/mol. The van der Waals surface area contributed by atoms with Crippen molar-refractivity contribution in [2.24, 2.45) is 11.8 Å². The Hall–Kier alpha value is -4.59. The zero-order valence-corrected chi connectivity index (χ0v) is 30.4. The molecule has 0 aliphatic carbocycles. The van der Waals surface area contributed by atoms with Gasteiger partial charge in [0.05, 0.1) is 30.7 Å². The molecule has 2 fully saturated rings. The number of carbonyl (C=O) groups is 3. The van der Waals surface area contributed by atoms with Crippen molar-refractivity contribution in [1.82, 2.24) is 19.7 Å². The number of carbonyl (C=O) groups excluding carboxylic acids is 3. The van der Waals surface area contributed by atoms with Crippen molar-refractivity contribution in [3.63, 3.8) is 0 Å². The van der Waals surface area contributed by atoms with Crippen molar-refractivity contribution in [2.45, 2.75) is 83.5 Å². The second-order valence-electron chi connectivity index (χ2n) is 13.1. The van der Waals surface area contributed by atoms with Crippen LogP contribution < -0.4 is 15.3 Å². The molecule has 2 aliphatic rings. The number of nitrogen functional groups attached to an aromatic ring is 1. The highest BCUT2D eigenvalue weighted by atomic mass is 31.2. The fraction of sp³-hybridized carbons (Fsp3) is 0.529. The lowest BCUT2D eigenvalue weighted by Crippen LogP contribution is -2.50. The summed E-state index contributed by atoms with van der Waals surface area (Å²) in [6, 6.07) is 12.0. The number of hydrogen-bond donors (Lipinski definition) is 2. The summed E-state index contributed by atoms with van der Waals surface area (Å²) in [7, 11) is -4.58. The number of nitrogens with zero attached hydrogens (tertiary/aromatic N) is 4. The van der Waals surface area contributed by atoms with Gasteiger partial charge in [-0.1, -0.05) is 45.9 Å². The first-order valence-electron chi connectivity index (χ1n) is 16.9. The van der Waals surface area contributed by atoms with Gasteiger partial charge in [0.25, 0.3) is 0 Å². The average Bonchev–Trinajstić information content (AvgIpc) is 3.68. The molecule has 0 radical (unpaired) electrons. The molecule has 3 N–H and O–H groups in total. The maximum Gasteiger partial charge on any atom is 0.459 e. The van der Waals surface area contributed by atoms with E-state index in [9.17, 15) is 24.2 Å². The van der Waals surface area contributed by atoms with E-state index in [0.29, 0.717) is 31.6 Å². The largest absolute Gasteiger partial charge is 0.461 e. The van der Waals surface area contributed by atoms with Crippen LogP contribution in [0.4, 0.5) is 5.82 Å². The Kier molecular flexibility index (Phi) is 12.2. The van der Waals surface area contributed by atoms with E-state index < -0.39 is 74.1 Å². The summed E-state index contributed by atoms with van der Waals surface area (Å²) < 4.78 is 56.8. The second kappa shape index (κ2) is 16.4. The Bertz CT molecular complexity index is 1830. The number of nitrogens with two attached hydrogens (primary N) is 1. The molecule has 0 bridgehead atoms. The van der Waals surface area contributed by atoms with Gasteiger partial charge in [-0.2, -0.15) is 15.4 Å². The third-order valence-electron chi connectivity index (χ3n) is 8.40. The number of nitrogens with one attached hydrogen (secondary N) is 1. The maximum atomic E-state index is 14.5. The van der Waals surface area contributed by atoms with Crippen molar-refractivity contribution >= 4 is 37.0 Å². The van der Waals surface area contributed by atoms with Gasteiger partial charge >= 0.3 is 25.7 Å². The summed E-state index contributed by atoms with van der Waals surface area (Å²) in [6.07, 6.45) is -2.50. The van der Waals surface area contributed by atoms with Crippen LogP contribution in [0.15, 0.2) is 48.8 Å². The molecule has 2 aromatic heterocycles. The topological polar surface area (TPSA) is 225 Å². The summed E-state index contributed by atoms with van der Waals surface area (Å²) in [6.45, 7) is 7.83. The fourth-order valence-corrected chi connectivity index (χ4v) is 7.02. The van der Waals surface area contributed by atoms with Crippen LogP contribution in [0.1, 0.15) is 59.3 Å². The first kappa shape index (κ1) is 38.6. The van der Waals surface area contributed by atoms with Gasteiger partial charge in [0, 0.05) is 12.8 Å². The van der Waals surface area contributed by atoms with Crippen molar-refractivity contribution in [2.75, 3.05) is 25.6 Å². The van der Waals surface area contributed by atoms with Crippen molar-refractivity contribution in [3.8, 4) is 11.8 Å². The molecular formula is C34H43N6O11P. The fourth-order valence-electron chi connectivity index (χ4n) is 5.50. The predicted octanol–water partition coefficient (Wildman–Crippen LogP) is 3.68. The zero-order chi connectivity index (χ0) is 37.6. The van der Waals surface area contributed by atoms with E-state index in [1.54, 1.807) is 58.0 Å².